The summed E-state index contributed by atoms with van der Waals surface area (Å²) in [5.74, 6) is -0.731. The molecule has 3 aliphatic heterocycles. The van der Waals surface area contributed by atoms with Crippen molar-refractivity contribution in [1.82, 2.24) is 15.3 Å². The highest BCUT2D eigenvalue weighted by Gasteiger charge is 2.42. The topological polar surface area (TPSA) is 118 Å². The van der Waals surface area contributed by atoms with E-state index in [1.54, 1.807) is 18.2 Å². The quantitative estimate of drug-likeness (QED) is 0.523. The SMILES string of the molecule is CC[C@@H](NC(=O)c1ccc2c(n1)N(C(=O)Nc1cc(OC[C@H]3COC(C)(C)O3)ccn1)C1CCN2C1)C(F)(F)F. The molecule has 14 heteroatoms. The molecule has 3 atom stereocenters. The number of anilines is 3. The second kappa shape index (κ2) is 10.7. The standard InChI is InChI=1S/C26H31F3N6O5/c1-4-20(26(27,28)29)32-23(36)18-5-6-19-22(31-18)35(15-8-10-34(19)12-15)24(37)33-21-11-16(7-9-30-21)38-13-17-14-39-25(2,3)40-17/h5-7,9,11,15,17,20H,4,8,10,12-14H2,1-3H3,(H,32,36)(H,30,33,37)/t15?,17-,20+/m0/s1. The monoisotopic (exact) mass is 564 g/mol. The third-order valence-electron chi connectivity index (χ3n) is 6.98. The second-order valence-electron chi connectivity index (χ2n) is 10.3. The molecule has 0 radical (unpaired) electrons. The zero-order chi connectivity index (χ0) is 28.7. The molecule has 1 unspecified atom stereocenters. The van der Waals surface area contributed by atoms with E-state index >= 15 is 0 Å². The molecule has 2 fully saturated rings. The van der Waals surface area contributed by atoms with Gasteiger partial charge in [0.05, 0.1) is 18.3 Å². The minimum Gasteiger partial charge on any atom is -0.491 e. The van der Waals surface area contributed by atoms with E-state index in [1.165, 1.54) is 24.1 Å². The van der Waals surface area contributed by atoms with Gasteiger partial charge in [-0.2, -0.15) is 13.2 Å². The molecule has 2 saturated heterocycles. The molecule has 2 bridgehead atoms. The summed E-state index contributed by atoms with van der Waals surface area (Å²) in [6, 6.07) is 3.43. The maximum absolute atomic E-state index is 13.5. The Balaban J connectivity index is 1.31. The third-order valence-corrected chi connectivity index (χ3v) is 6.98. The Hall–Kier alpha value is -3.65. The number of halogens is 3. The van der Waals surface area contributed by atoms with Gasteiger partial charge in [-0.1, -0.05) is 6.92 Å². The van der Waals surface area contributed by atoms with Crippen LogP contribution in [-0.4, -0.2) is 78.4 Å². The predicted octanol–water partition coefficient (Wildman–Crippen LogP) is 3.71. The van der Waals surface area contributed by atoms with Crippen LogP contribution >= 0.6 is 0 Å². The van der Waals surface area contributed by atoms with Gasteiger partial charge in [-0.3, -0.25) is 15.0 Å². The smallest absolute Gasteiger partial charge is 0.408 e. The number of alkyl halides is 3. The van der Waals surface area contributed by atoms with Crippen molar-refractivity contribution in [3.63, 3.8) is 0 Å². The molecule has 11 nitrogen and oxygen atoms in total. The lowest BCUT2D eigenvalue weighted by Gasteiger charge is -2.35. The van der Waals surface area contributed by atoms with E-state index in [2.05, 4.69) is 15.3 Å². The van der Waals surface area contributed by atoms with Gasteiger partial charge in [0.15, 0.2) is 11.6 Å². The highest BCUT2D eigenvalue weighted by molar-refractivity contribution is 6.05. The van der Waals surface area contributed by atoms with E-state index in [4.69, 9.17) is 14.2 Å². The van der Waals surface area contributed by atoms with E-state index in [0.717, 1.165) is 0 Å². The fourth-order valence-electron chi connectivity index (χ4n) is 5.02. The minimum absolute atomic E-state index is 0.201. The third kappa shape index (κ3) is 5.92. The Bertz CT molecular complexity index is 1280. The Morgan fingerprint density at radius 1 is 1.27 bits per heavy atom. The van der Waals surface area contributed by atoms with Crippen LogP contribution in [0.2, 0.25) is 0 Å². The fraction of sp³-hybridized carbons (Fsp3) is 0.538. The van der Waals surface area contributed by atoms with Crippen LogP contribution in [0.3, 0.4) is 0 Å². The van der Waals surface area contributed by atoms with Crippen molar-refractivity contribution >= 4 is 29.3 Å². The number of carbonyl (C=O) groups excluding carboxylic acids is 2. The van der Waals surface area contributed by atoms with Crippen molar-refractivity contribution in [3.8, 4) is 5.75 Å². The van der Waals surface area contributed by atoms with E-state index in [1.807, 2.05) is 24.1 Å². The number of nitrogens with zero attached hydrogens (tertiary/aromatic N) is 4. The number of carbonyl (C=O) groups is 2. The first-order valence-electron chi connectivity index (χ1n) is 13.1. The molecule has 5 heterocycles. The molecular formula is C26H31F3N6O5. The van der Waals surface area contributed by atoms with Gasteiger partial charge in [-0.05, 0) is 44.9 Å². The van der Waals surface area contributed by atoms with Crippen molar-refractivity contribution in [1.29, 1.82) is 0 Å². The van der Waals surface area contributed by atoms with Crippen molar-refractivity contribution in [2.24, 2.45) is 0 Å². The van der Waals surface area contributed by atoms with Crippen LogP contribution in [-0.2, 0) is 9.47 Å². The summed E-state index contributed by atoms with van der Waals surface area (Å²) in [5.41, 5.74) is 0.409. The summed E-state index contributed by atoms with van der Waals surface area (Å²) in [6.45, 7) is 6.87. The Labute approximate surface area is 229 Å². The first-order chi connectivity index (χ1) is 18.9. The number of nitrogens with one attached hydrogen (secondary N) is 2. The molecule has 2 aromatic heterocycles. The summed E-state index contributed by atoms with van der Waals surface area (Å²) in [4.78, 5) is 38.2. The first-order valence-corrected chi connectivity index (χ1v) is 13.1. The van der Waals surface area contributed by atoms with Crippen LogP contribution in [0, 0.1) is 0 Å². The zero-order valence-corrected chi connectivity index (χ0v) is 22.3. The van der Waals surface area contributed by atoms with Gasteiger partial charge in [-0.15, -0.1) is 0 Å². The number of amides is 3. The Morgan fingerprint density at radius 2 is 2.08 bits per heavy atom. The molecule has 0 saturated carbocycles. The fourth-order valence-corrected chi connectivity index (χ4v) is 5.02. The maximum Gasteiger partial charge on any atom is 0.408 e. The lowest BCUT2D eigenvalue weighted by molar-refractivity contribution is -0.153. The van der Waals surface area contributed by atoms with Crippen molar-refractivity contribution in [2.45, 2.75) is 63.8 Å². The van der Waals surface area contributed by atoms with E-state index in [0.29, 0.717) is 37.6 Å². The molecule has 3 amide bonds. The van der Waals surface area contributed by atoms with E-state index in [-0.39, 0.29) is 42.5 Å². The molecule has 5 rings (SSSR count). The van der Waals surface area contributed by atoms with Crippen molar-refractivity contribution in [3.05, 3.63) is 36.2 Å². The normalized spacial score (nSPS) is 22.1. The highest BCUT2D eigenvalue weighted by Crippen LogP contribution is 2.39. The first kappa shape index (κ1) is 27.9. The molecule has 0 aromatic carbocycles. The summed E-state index contributed by atoms with van der Waals surface area (Å²) in [5, 5.41) is 4.75. The molecule has 3 aliphatic rings. The molecule has 40 heavy (non-hydrogen) atoms. The summed E-state index contributed by atoms with van der Waals surface area (Å²) in [6.07, 6.45) is -2.99. The number of hydrogen-bond donors (Lipinski definition) is 2. The lowest BCUT2D eigenvalue weighted by atomic mass is 10.1. The molecule has 216 valence electrons. The van der Waals surface area contributed by atoms with Crippen molar-refractivity contribution < 1.29 is 37.0 Å². The van der Waals surface area contributed by atoms with Crippen LogP contribution < -0.4 is 25.2 Å². The van der Waals surface area contributed by atoms with Gasteiger partial charge >= 0.3 is 12.2 Å². The Morgan fingerprint density at radius 3 is 2.77 bits per heavy atom. The average molecular weight is 565 g/mol. The van der Waals surface area contributed by atoms with Crippen LogP contribution in [0.15, 0.2) is 30.5 Å². The summed E-state index contributed by atoms with van der Waals surface area (Å²) in [7, 11) is 0. The maximum atomic E-state index is 13.5. The van der Waals surface area contributed by atoms with Gasteiger partial charge < -0.3 is 24.4 Å². The number of fused-ring (bicyclic) bond motifs is 4. The average Bonchev–Trinajstić information content (AvgIpc) is 3.48. The predicted molar refractivity (Wildman–Crippen MR) is 139 cm³/mol. The van der Waals surface area contributed by atoms with Crippen LogP contribution in [0.1, 0.15) is 44.1 Å². The molecule has 2 aromatic rings. The Kier molecular flexibility index (Phi) is 7.48. The van der Waals surface area contributed by atoms with Crippen molar-refractivity contribution in [2.75, 3.05) is 41.4 Å². The van der Waals surface area contributed by atoms with E-state index in [9.17, 15) is 22.8 Å². The highest BCUT2D eigenvalue weighted by atomic mass is 19.4. The number of pyridine rings is 2. The van der Waals surface area contributed by atoms with Gasteiger partial charge in [0.1, 0.15) is 36.0 Å². The van der Waals surface area contributed by atoms with Gasteiger partial charge in [0, 0.05) is 25.4 Å². The zero-order valence-electron chi connectivity index (χ0n) is 22.3. The van der Waals surface area contributed by atoms with Gasteiger partial charge in [0.25, 0.3) is 5.91 Å². The number of rotatable bonds is 7. The molecule has 0 spiro atoms. The van der Waals surface area contributed by atoms with Crippen LogP contribution in [0.5, 0.6) is 5.75 Å². The molecular weight excluding hydrogens is 533 g/mol. The second-order valence-corrected chi connectivity index (χ2v) is 10.3. The summed E-state index contributed by atoms with van der Waals surface area (Å²) < 4.78 is 56.7. The van der Waals surface area contributed by atoms with Crippen LogP contribution in [0.25, 0.3) is 0 Å². The minimum atomic E-state index is -4.59. The van der Waals surface area contributed by atoms with E-state index < -0.39 is 29.9 Å². The number of hydrogen-bond acceptors (Lipinski definition) is 8. The van der Waals surface area contributed by atoms with Gasteiger partial charge in [-0.25, -0.2) is 14.8 Å². The molecule has 2 N–H and O–H groups in total. The number of urea groups is 1. The summed E-state index contributed by atoms with van der Waals surface area (Å²) >= 11 is 0. The number of aromatic nitrogens is 2. The molecule has 0 aliphatic carbocycles. The van der Waals surface area contributed by atoms with Crippen LogP contribution in [0.4, 0.5) is 35.3 Å². The lowest BCUT2D eigenvalue weighted by Crippen LogP contribution is -2.49. The largest absolute Gasteiger partial charge is 0.491 e. The number of ether oxygens (including phenoxy) is 3. The van der Waals surface area contributed by atoms with Gasteiger partial charge in [0.2, 0.25) is 0 Å².